The molecule has 9 nitrogen and oxygen atoms in total. The maximum Gasteiger partial charge on any atom is 0.250 e. The Kier molecular flexibility index (Phi) is 6.72. The van der Waals surface area contributed by atoms with Crippen molar-refractivity contribution in [3.8, 4) is 5.75 Å². The van der Waals surface area contributed by atoms with Crippen molar-refractivity contribution in [3.63, 3.8) is 0 Å². The molecule has 3 N–H and O–H groups in total. The summed E-state index contributed by atoms with van der Waals surface area (Å²) in [5.41, 5.74) is 0.0410. The third kappa shape index (κ3) is 4.20. The quantitative estimate of drug-likeness (QED) is 0.400. The molecule has 208 valence electrons. The molecule has 0 aromatic heterocycles. The molecule has 3 saturated heterocycles. The Labute approximate surface area is 232 Å². The lowest BCUT2D eigenvalue weighted by Crippen LogP contribution is -2.55. The molecule has 40 heavy (non-hydrogen) atoms. The van der Waals surface area contributed by atoms with Crippen LogP contribution in [0.5, 0.6) is 5.75 Å². The first-order valence-corrected chi connectivity index (χ1v) is 13.8. The van der Waals surface area contributed by atoms with Gasteiger partial charge < -0.3 is 30.1 Å². The monoisotopic (exact) mass is 543 g/mol. The highest BCUT2D eigenvalue weighted by Gasteiger charge is 2.74. The Morgan fingerprint density at radius 1 is 1.05 bits per heavy atom. The standard InChI is InChI=1S/C31H33N3O6/c1-3-39-23-12-10-21(11-13-23)32-28(36)25-24-14-15-31(40-24)26(25)30(38)34(18(2)17-35)27(31)29(37)33-22-9-8-19-6-4-5-7-20(19)16-22/h4-13,16,18,24-27,35H,3,14-15,17H2,1-2H3,(H,32,36)(H,33,37)/t18-,24-,25+,26+,27?,31?/m1/s1. The molecule has 3 aliphatic heterocycles. The van der Waals surface area contributed by atoms with Gasteiger partial charge in [-0.25, -0.2) is 0 Å². The number of nitrogens with zero attached hydrogens (tertiary/aromatic N) is 1. The Bertz CT molecular complexity index is 1460. The van der Waals surface area contributed by atoms with E-state index in [-0.39, 0.29) is 24.3 Å². The number of likely N-dealkylation sites (tertiary alicyclic amines) is 1. The van der Waals surface area contributed by atoms with Crippen LogP contribution in [0.25, 0.3) is 10.8 Å². The smallest absolute Gasteiger partial charge is 0.250 e. The molecular formula is C31H33N3O6. The van der Waals surface area contributed by atoms with Crippen molar-refractivity contribution in [2.45, 2.75) is 50.5 Å². The van der Waals surface area contributed by atoms with Crippen LogP contribution in [0.3, 0.4) is 0 Å². The number of amides is 3. The van der Waals surface area contributed by atoms with Gasteiger partial charge in [0.2, 0.25) is 17.7 Å². The van der Waals surface area contributed by atoms with Gasteiger partial charge in [0.05, 0.1) is 37.2 Å². The zero-order valence-electron chi connectivity index (χ0n) is 22.5. The third-order valence-electron chi connectivity index (χ3n) is 8.48. The van der Waals surface area contributed by atoms with Crippen molar-refractivity contribution in [1.29, 1.82) is 0 Å². The van der Waals surface area contributed by atoms with Crippen LogP contribution >= 0.6 is 0 Å². The van der Waals surface area contributed by atoms with Crippen LogP contribution in [-0.2, 0) is 19.1 Å². The number of ether oxygens (including phenoxy) is 2. The topological polar surface area (TPSA) is 117 Å². The summed E-state index contributed by atoms with van der Waals surface area (Å²) in [5, 5.41) is 18.0. The summed E-state index contributed by atoms with van der Waals surface area (Å²) < 4.78 is 11.9. The number of anilines is 2. The molecule has 2 bridgehead atoms. The first-order chi connectivity index (χ1) is 19.4. The van der Waals surface area contributed by atoms with Gasteiger partial charge in [-0.15, -0.1) is 0 Å². The van der Waals surface area contributed by atoms with Crippen LogP contribution < -0.4 is 15.4 Å². The van der Waals surface area contributed by atoms with Gasteiger partial charge in [0.15, 0.2) is 0 Å². The van der Waals surface area contributed by atoms with Crippen LogP contribution in [0, 0.1) is 11.8 Å². The predicted octanol–water partition coefficient (Wildman–Crippen LogP) is 3.57. The van der Waals surface area contributed by atoms with Gasteiger partial charge in [-0.1, -0.05) is 30.3 Å². The van der Waals surface area contributed by atoms with E-state index in [0.29, 0.717) is 36.6 Å². The Hall–Kier alpha value is -3.95. The molecule has 3 fully saturated rings. The number of hydrogen-bond acceptors (Lipinski definition) is 6. The number of aliphatic hydroxyl groups is 1. The lowest BCUT2D eigenvalue weighted by Gasteiger charge is -2.35. The van der Waals surface area contributed by atoms with E-state index in [9.17, 15) is 19.5 Å². The fourth-order valence-corrected chi connectivity index (χ4v) is 6.76. The van der Waals surface area contributed by atoms with E-state index in [4.69, 9.17) is 9.47 Å². The molecule has 3 aromatic rings. The van der Waals surface area contributed by atoms with E-state index < -0.39 is 35.6 Å². The number of hydrogen-bond donors (Lipinski definition) is 3. The first kappa shape index (κ1) is 26.3. The van der Waals surface area contributed by atoms with Crippen molar-refractivity contribution in [3.05, 3.63) is 66.7 Å². The summed E-state index contributed by atoms with van der Waals surface area (Å²) >= 11 is 0. The molecule has 1 spiro atoms. The zero-order valence-corrected chi connectivity index (χ0v) is 22.5. The molecule has 3 aliphatic rings. The van der Waals surface area contributed by atoms with Gasteiger partial charge in [-0.05, 0) is 73.9 Å². The number of benzene rings is 3. The highest BCUT2D eigenvalue weighted by molar-refractivity contribution is 6.05. The summed E-state index contributed by atoms with van der Waals surface area (Å²) in [5.74, 6) is -1.92. The number of carbonyl (C=O) groups excluding carboxylic acids is 3. The lowest BCUT2D eigenvalue weighted by molar-refractivity contribution is -0.142. The Morgan fingerprint density at radius 3 is 2.48 bits per heavy atom. The molecule has 6 atom stereocenters. The molecular weight excluding hydrogens is 510 g/mol. The van der Waals surface area contributed by atoms with Gasteiger partial charge in [0.25, 0.3) is 0 Å². The number of carbonyl (C=O) groups is 3. The minimum absolute atomic E-state index is 0.318. The van der Waals surface area contributed by atoms with Crippen LogP contribution in [-0.4, -0.2) is 64.7 Å². The second kappa shape index (κ2) is 10.2. The van der Waals surface area contributed by atoms with E-state index in [1.54, 1.807) is 31.2 Å². The Morgan fingerprint density at radius 2 is 1.75 bits per heavy atom. The lowest BCUT2D eigenvalue weighted by atomic mass is 9.70. The van der Waals surface area contributed by atoms with Crippen LogP contribution in [0.2, 0.25) is 0 Å². The van der Waals surface area contributed by atoms with Crippen LogP contribution in [0.4, 0.5) is 11.4 Å². The number of nitrogens with one attached hydrogen (secondary N) is 2. The highest BCUT2D eigenvalue weighted by Crippen LogP contribution is 2.59. The second-order valence-corrected chi connectivity index (χ2v) is 10.8. The summed E-state index contributed by atoms with van der Waals surface area (Å²) in [7, 11) is 0. The van der Waals surface area contributed by atoms with Crippen molar-refractivity contribution >= 4 is 39.9 Å². The minimum atomic E-state index is -1.15. The molecule has 0 radical (unpaired) electrons. The second-order valence-electron chi connectivity index (χ2n) is 10.8. The van der Waals surface area contributed by atoms with E-state index in [1.165, 1.54) is 4.90 Å². The molecule has 6 rings (SSSR count). The van der Waals surface area contributed by atoms with Gasteiger partial charge in [0.1, 0.15) is 17.4 Å². The van der Waals surface area contributed by atoms with Crippen molar-refractivity contribution in [2.24, 2.45) is 11.8 Å². The maximum atomic E-state index is 14.0. The largest absolute Gasteiger partial charge is 0.494 e. The SMILES string of the molecule is CCOc1ccc(NC(=O)[C@@H]2[C@H]3C(=O)N([C@H](C)CO)C(C(=O)Nc4ccc5ccccc5c4)C34CC[C@H]2O4)cc1. The molecule has 9 heteroatoms. The highest BCUT2D eigenvalue weighted by atomic mass is 16.5. The van der Waals surface area contributed by atoms with Crippen LogP contribution in [0.1, 0.15) is 26.7 Å². The zero-order chi connectivity index (χ0) is 28.0. The van der Waals surface area contributed by atoms with Gasteiger partial charge in [0, 0.05) is 11.4 Å². The van der Waals surface area contributed by atoms with Gasteiger partial charge in [-0.2, -0.15) is 0 Å². The molecule has 3 aromatic carbocycles. The maximum absolute atomic E-state index is 14.0. The predicted molar refractivity (Wildman–Crippen MR) is 150 cm³/mol. The summed E-state index contributed by atoms with van der Waals surface area (Å²) in [6, 6.07) is 18.9. The minimum Gasteiger partial charge on any atom is -0.494 e. The van der Waals surface area contributed by atoms with Gasteiger partial charge >= 0.3 is 0 Å². The summed E-state index contributed by atoms with van der Waals surface area (Å²) in [6.07, 6.45) is 0.566. The van der Waals surface area contributed by atoms with Gasteiger partial charge in [-0.3, -0.25) is 14.4 Å². The molecule has 0 aliphatic carbocycles. The average molecular weight is 544 g/mol. The number of fused-ring (bicyclic) bond motifs is 2. The van der Waals surface area contributed by atoms with E-state index >= 15 is 0 Å². The van der Waals surface area contributed by atoms with E-state index in [2.05, 4.69) is 10.6 Å². The molecule has 3 heterocycles. The fraction of sp³-hybridized carbons (Fsp3) is 0.387. The first-order valence-electron chi connectivity index (χ1n) is 13.8. The van der Waals surface area contributed by atoms with Crippen molar-refractivity contribution in [1.82, 2.24) is 4.90 Å². The molecule has 0 saturated carbocycles. The van der Waals surface area contributed by atoms with E-state index in [0.717, 1.165) is 10.8 Å². The summed E-state index contributed by atoms with van der Waals surface area (Å²) in [4.78, 5) is 42.9. The molecule has 2 unspecified atom stereocenters. The third-order valence-corrected chi connectivity index (χ3v) is 8.48. The van der Waals surface area contributed by atoms with Crippen molar-refractivity contribution in [2.75, 3.05) is 23.8 Å². The Balaban J connectivity index is 1.29. The van der Waals surface area contributed by atoms with Crippen LogP contribution in [0.15, 0.2) is 66.7 Å². The number of rotatable bonds is 8. The number of aliphatic hydroxyl groups excluding tert-OH is 1. The van der Waals surface area contributed by atoms with E-state index in [1.807, 2.05) is 49.4 Å². The summed E-state index contributed by atoms with van der Waals surface area (Å²) in [6.45, 7) is 3.82. The average Bonchev–Trinajstić information content (AvgIpc) is 3.61. The normalized spacial score (nSPS) is 27.5. The molecule has 3 amide bonds. The van der Waals surface area contributed by atoms with Crippen molar-refractivity contribution < 1.29 is 29.0 Å². The fourth-order valence-electron chi connectivity index (χ4n) is 6.76.